The Kier molecular flexibility index (Phi) is 7.61. The van der Waals surface area contributed by atoms with E-state index < -0.39 is 17.0 Å². The second-order valence-corrected chi connectivity index (χ2v) is 10.9. The number of carboxylic acid groups (broad SMARTS) is 1. The molecule has 1 aliphatic heterocycles. The highest BCUT2D eigenvalue weighted by molar-refractivity contribution is 8.03. The Balaban J connectivity index is 1.93. The Morgan fingerprint density at radius 1 is 1.25 bits per heavy atom. The first-order valence-electron chi connectivity index (χ1n) is 11.4. The molecule has 2 aliphatic rings. The van der Waals surface area contributed by atoms with Crippen molar-refractivity contribution in [1.29, 1.82) is 0 Å². The minimum atomic E-state index is -1.36. The average molecular weight is 461 g/mol. The number of hydrogen-bond acceptors (Lipinski definition) is 4. The average Bonchev–Trinajstić information content (AvgIpc) is 2.83. The number of carbonyl (C=O) groups is 2. The first kappa shape index (κ1) is 24.6. The minimum absolute atomic E-state index is 0.167. The van der Waals surface area contributed by atoms with E-state index in [0.717, 1.165) is 31.2 Å². The molecule has 1 aliphatic carbocycles. The van der Waals surface area contributed by atoms with Gasteiger partial charge in [-0.3, -0.25) is 4.90 Å². The summed E-state index contributed by atoms with van der Waals surface area (Å²) in [4.78, 5) is 29.0. The second-order valence-electron chi connectivity index (χ2n) is 9.88. The Bertz CT molecular complexity index is 834. The number of urea groups is 1. The number of ether oxygens (including phenoxy) is 1. The number of carbonyl (C=O) groups excluding carboxylic acids is 1. The highest BCUT2D eigenvalue weighted by Gasteiger charge is 2.49. The molecule has 1 saturated heterocycles. The van der Waals surface area contributed by atoms with Gasteiger partial charge >= 0.3 is 12.0 Å². The van der Waals surface area contributed by atoms with Gasteiger partial charge in [0, 0.05) is 11.3 Å². The summed E-state index contributed by atoms with van der Waals surface area (Å²) in [7, 11) is 0. The summed E-state index contributed by atoms with van der Waals surface area (Å²) in [5.74, 6) is -0.473. The molecule has 0 spiro atoms. The summed E-state index contributed by atoms with van der Waals surface area (Å²) in [6.07, 6.45) is 5.47. The van der Waals surface area contributed by atoms with Crippen LogP contribution in [0.2, 0.25) is 0 Å². The lowest BCUT2D eigenvalue weighted by Crippen LogP contribution is -2.64. The summed E-state index contributed by atoms with van der Waals surface area (Å²) in [5, 5.41) is 10.5. The van der Waals surface area contributed by atoms with E-state index in [4.69, 9.17) is 4.74 Å². The zero-order valence-electron chi connectivity index (χ0n) is 19.7. The largest absolute Gasteiger partial charge is 0.480 e. The van der Waals surface area contributed by atoms with E-state index in [0.29, 0.717) is 17.3 Å². The van der Waals surface area contributed by atoms with Gasteiger partial charge in [-0.2, -0.15) is 0 Å². The highest BCUT2D eigenvalue weighted by atomic mass is 32.2. The molecule has 32 heavy (non-hydrogen) atoms. The number of aliphatic carboxylic acids is 1. The van der Waals surface area contributed by atoms with Crippen LogP contribution in [-0.4, -0.2) is 56.4 Å². The highest BCUT2D eigenvalue weighted by Crippen LogP contribution is 2.39. The molecule has 176 valence electrons. The van der Waals surface area contributed by atoms with Crippen LogP contribution in [0.1, 0.15) is 71.5 Å². The zero-order chi connectivity index (χ0) is 23.5. The van der Waals surface area contributed by atoms with Gasteiger partial charge in [-0.25, -0.2) is 9.59 Å². The van der Waals surface area contributed by atoms with E-state index in [1.54, 1.807) is 18.7 Å². The molecule has 0 radical (unpaired) electrons. The van der Waals surface area contributed by atoms with Crippen LogP contribution in [0.3, 0.4) is 0 Å². The van der Waals surface area contributed by atoms with Crippen LogP contribution >= 0.6 is 11.8 Å². The van der Waals surface area contributed by atoms with E-state index >= 15 is 0 Å². The number of rotatable bonds is 7. The zero-order valence-corrected chi connectivity index (χ0v) is 20.5. The Morgan fingerprint density at radius 2 is 1.88 bits per heavy atom. The van der Waals surface area contributed by atoms with Crippen molar-refractivity contribution in [3.8, 4) is 0 Å². The lowest BCUT2D eigenvalue weighted by Gasteiger charge is -2.46. The van der Waals surface area contributed by atoms with Gasteiger partial charge in [0.15, 0.2) is 0 Å². The van der Waals surface area contributed by atoms with E-state index in [1.165, 1.54) is 23.1 Å². The summed E-state index contributed by atoms with van der Waals surface area (Å²) in [6, 6.07) is 9.62. The molecule has 0 bridgehead atoms. The van der Waals surface area contributed by atoms with Gasteiger partial charge in [0.1, 0.15) is 11.6 Å². The van der Waals surface area contributed by atoms with Gasteiger partial charge in [0.25, 0.3) is 0 Å². The quantitative estimate of drug-likeness (QED) is 0.568. The third-order valence-corrected chi connectivity index (χ3v) is 7.84. The first-order valence-corrected chi connectivity index (χ1v) is 12.4. The summed E-state index contributed by atoms with van der Waals surface area (Å²) >= 11 is 1.49. The Labute approximate surface area is 196 Å². The lowest BCUT2D eigenvalue weighted by atomic mass is 9.94. The minimum Gasteiger partial charge on any atom is -0.480 e. The Hall–Kier alpha value is -1.99. The van der Waals surface area contributed by atoms with Crippen molar-refractivity contribution in [1.82, 2.24) is 9.80 Å². The van der Waals surface area contributed by atoms with E-state index in [9.17, 15) is 14.7 Å². The van der Waals surface area contributed by atoms with Gasteiger partial charge in [-0.15, -0.1) is 11.8 Å². The fourth-order valence-corrected chi connectivity index (χ4v) is 5.61. The van der Waals surface area contributed by atoms with Gasteiger partial charge in [0.2, 0.25) is 0 Å². The molecule has 7 heteroatoms. The van der Waals surface area contributed by atoms with Gasteiger partial charge < -0.3 is 14.7 Å². The molecule has 1 N–H and O–H groups in total. The maximum absolute atomic E-state index is 13.8. The van der Waals surface area contributed by atoms with Gasteiger partial charge in [-0.1, -0.05) is 56.2 Å². The molecule has 1 saturated carbocycles. The number of thioether (sulfide) groups is 1. The predicted molar refractivity (Wildman–Crippen MR) is 128 cm³/mol. The number of amides is 2. The third-order valence-electron chi connectivity index (χ3n) is 6.43. The van der Waals surface area contributed by atoms with Gasteiger partial charge in [0.05, 0.1) is 17.7 Å². The fraction of sp³-hybridized carbons (Fsp3) is 0.600. The molecule has 3 rings (SSSR count). The van der Waals surface area contributed by atoms with Crippen LogP contribution in [0, 0.1) is 0 Å². The molecule has 0 unspecified atom stereocenters. The normalized spacial score (nSPS) is 21.4. The van der Waals surface area contributed by atoms with Crippen molar-refractivity contribution in [2.45, 2.75) is 83.1 Å². The fourth-order valence-electron chi connectivity index (χ4n) is 4.65. The van der Waals surface area contributed by atoms with Crippen molar-refractivity contribution in [2.24, 2.45) is 0 Å². The topological polar surface area (TPSA) is 70.1 Å². The maximum atomic E-state index is 13.8. The van der Waals surface area contributed by atoms with Gasteiger partial charge in [-0.05, 0) is 46.1 Å². The van der Waals surface area contributed by atoms with E-state index in [1.807, 2.05) is 44.2 Å². The third kappa shape index (κ3) is 5.31. The molecular weight excluding hydrogens is 424 g/mol. The molecule has 1 atom stereocenters. The number of nitrogens with zero attached hydrogens (tertiary/aromatic N) is 2. The lowest BCUT2D eigenvalue weighted by molar-refractivity contribution is -0.150. The van der Waals surface area contributed by atoms with Crippen molar-refractivity contribution in [3.05, 3.63) is 47.5 Å². The van der Waals surface area contributed by atoms with Crippen LogP contribution in [0.15, 0.2) is 41.9 Å². The van der Waals surface area contributed by atoms with Crippen LogP contribution in [0.25, 0.3) is 0 Å². The monoisotopic (exact) mass is 460 g/mol. The van der Waals surface area contributed by atoms with Crippen molar-refractivity contribution in [3.63, 3.8) is 0 Å². The smallest absolute Gasteiger partial charge is 0.329 e. The van der Waals surface area contributed by atoms with Crippen molar-refractivity contribution in [2.75, 3.05) is 12.3 Å². The molecule has 2 fully saturated rings. The van der Waals surface area contributed by atoms with Crippen LogP contribution in [0.4, 0.5) is 4.79 Å². The first-order chi connectivity index (χ1) is 15.0. The summed E-state index contributed by atoms with van der Waals surface area (Å²) in [5.41, 5.74) is -1.01. The number of benzene rings is 1. The summed E-state index contributed by atoms with van der Waals surface area (Å²) in [6.45, 7) is 11.4. The number of carboxylic acids is 1. The second kappa shape index (κ2) is 9.87. The molecule has 6 nitrogen and oxygen atoms in total. The summed E-state index contributed by atoms with van der Waals surface area (Å²) < 4.78 is 6.56. The van der Waals surface area contributed by atoms with E-state index in [-0.39, 0.29) is 18.2 Å². The van der Waals surface area contributed by atoms with Crippen LogP contribution in [0.5, 0.6) is 0 Å². The standard InChI is InChI=1S/C25H36N2O4S/c1-18-26(23(30)27(24(2,3)17-32-18)25(4,5)22(28)29)16-21(19-12-8-6-9-13-19)31-20-14-10-7-11-15-20/h6,8-9,12-13,20-21H,1,7,10-11,14-17H2,2-5H3,(H,28,29)/t21-/m0/s1. The van der Waals surface area contributed by atoms with Crippen LogP contribution in [-0.2, 0) is 9.53 Å². The maximum Gasteiger partial charge on any atom is 0.329 e. The van der Waals surface area contributed by atoms with Crippen LogP contribution < -0.4 is 0 Å². The molecule has 1 aromatic carbocycles. The predicted octanol–water partition coefficient (Wildman–Crippen LogP) is 5.66. The SMILES string of the molecule is C=C1SCC(C)(C)N(C(C)(C)C(=O)O)C(=O)N1C[C@H](OC1CCCCC1)c1ccccc1. The molecule has 2 amide bonds. The Morgan fingerprint density at radius 3 is 2.47 bits per heavy atom. The van der Waals surface area contributed by atoms with Crippen molar-refractivity contribution >= 4 is 23.8 Å². The molecular formula is C25H36N2O4S. The molecule has 1 heterocycles. The van der Waals surface area contributed by atoms with E-state index in [2.05, 4.69) is 6.58 Å². The number of hydrogen-bond donors (Lipinski definition) is 1. The molecule has 0 aromatic heterocycles. The molecule has 1 aromatic rings. The van der Waals surface area contributed by atoms with Crippen molar-refractivity contribution < 1.29 is 19.4 Å².